The summed E-state index contributed by atoms with van der Waals surface area (Å²) in [6.45, 7) is 29.5. The van der Waals surface area contributed by atoms with Crippen LogP contribution in [0.4, 0.5) is 0 Å². The third-order valence-electron chi connectivity index (χ3n) is 9.22. The first-order chi connectivity index (χ1) is 16.9. The molecule has 0 aromatic carbocycles. The predicted octanol–water partition coefficient (Wildman–Crippen LogP) is 11.5. The van der Waals surface area contributed by atoms with E-state index in [0.29, 0.717) is 11.7 Å². The van der Waals surface area contributed by atoms with Crippen molar-refractivity contribution in [3.63, 3.8) is 0 Å². The maximum absolute atomic E-state index is 13.8. The summed E-state index contributed by atoms with van der Waals surface area (Å²) in [5.41, 5.74) is 1.41. The molecule has 0 amide bonds. The van der Waals surface area contributed by atoms with Crippen molar-refractivity contribution in [3.8, 4) is 0 Å². The summed E-state index contributed by atoms with van der Waals surface area (Å²) in [5, 5.41) is -1.90. The van der Waals surface area contributed by atoms with E-state index < -0.39 is 13.6 Å². The average molecular weight is 622 g/mol. The quantitative estimate of drug-likeness (QED) is 0.0815. The fraction of sp³-hybridized carbons (Fsp3) is 0.906. The van der Waals surface area contributed by atoms with Crippen molar-refractivity contribution < 1.29 is 9.22 Å². The Bertz CT molecular complexity index is 688. The van der Waals surface area contributed by atoms with E-state index in [-0.39, 0.29) is 23.0 Å². The molecule has 0 aliphatic heterocycles. The monoisotopic (exact) mass is 620 g/mol. The van der Waals surface area contributed by atoms with Crippen LogP contribution in [0, 0.1) is 17.8 Å². The van der Waals surface area contributed by atoms with Gasteiger partial charge >= 0.3 is 244 Å². The van der Waals surface area contributed by atoms with E-state index in [0.717, 1.165) is 12.6 Å². The van der Waals surface area contributed by atoms with Crippen molar-refractivity contribution in [2.45, 2.75) is 145 Å². The number of Topliss-reactive ketones (excluding diaryl/α,β-unsaturated/α-hetero) is 1. The number of allylic oxidation sites excluding steroid dienone is 2. The van der Waals surface area contributed by atoms with Gasteiger partial charge in [-0.2, -0.15) is 0 Å². The van der Waals surface area contributed by atoms with Gasteiger partial charge in [-0.15, -0.1) is 0 Å². The Hall–Kier alpha value is 0.497. The summed E-state index contributed by atoms with van der Waals surface area (Å²) >= 11 is 4.55. The molecule has 0 rings (SSSR count). The summed E-state index contributed by atoms with van der Waals surface area (Å²) in [7, 11) is -1.97. The Balaban J connectivity index is 5.99. The van der Waals surface area contributed by atoms with Gasteiger partial charge in [-0.25, -0.2) is 0 Å². The molecule has 4 atom stereocenters. The molecule has 0 saturated heterocycles. The number of carbonyl (C=O) groups is 1. The molecular formula is C32H66BrO2PSi. The van der Waals surface area contributed by atoms with Gasteiger partial charge in [0.1, 0.15) is 0 Å². The van der Waals surface area contributed by atoms with Gasteiger partial charge in [0.15, 0.2) is 0 Å². The van der Waals surface area contributed by atoms with E-state index in [2.05, 4.69) is 111 Å². The topological polar surface area (TPSA) is 26.3 Å². The first-order valence-electron chi connectivity index (χ1n) is 15.5. The van der Waals surface area contributed by atoms with Crippen molar-refractivity contribution in [2.24, 2.45) is 17.8 Å². The van der Waals surface area contributed by atoms with Crippen molar-refractivity contribution in [2.75, 3.05) is 24.6 Å². The van der Waals surface area contributed by atoms with Gasteiger partial charge in [0.05, 0.1) is 0 Å². The average Bonchev–Trinajstić information content (AvgIpc) is 2.81. The van der Waals surface area contributed by atoms with Crippen LogP contribution in [0.2, 0.25) is 18.1 Å². The molecule has 5 heteroatoms. The van der Waals surface area contributed by atoms with Gasteiger partial charge < -0.3 is 0 Å². The van der Waals surface area contributed by atoms with Gasteiger partial charge in [-0.1, -0.05) is 0 Å². The maximum atomic E-state index is 13.8. The van der Waals surface area contributed by atoms with Crippen LogP contribution in [0.15, 0.2) is 11.6 Å². The van der Waals surface area contributed by atoms with Gasteiger partial charge in [-0.3, -0.25) is 0 Å². The summed E-state index contributed by atoms with van der Waals surface area (Å²) in [5.74, 6) is 0.541. The van der Waals surface area contributed by atoms with Crippen LogP contribution in [-0.2, 0) is 9.22 Å². The van der Waals surface area contributed by atoms with E-state index in [9.17, 15) is 4.79 Å². The Morgan fingerprint density at radius 2 is 1.35 bits per heavy atom. The standard InChI is InChI=1S/C32H66BrO2PSi/c1-14-18-21-36(33,22-19-15-2,23-20-16-3)25-26(5)24-28(7)30(34)29(8)31(27(6)17-4)35-37(12,13)32(9,10)11/h24,27-29,31H,14-23,25H2,1-13H3/b26-24+/t27-,28+,29+,31+/m0/s1. The molecule has 0 aliphatic carbocycles. The van der Waals surface area contributed by atoms with E-state index in [1.54, 1.807) is 0 Å². The van der Waals surface area contributed by atoms with Crippen molar-refractivity contribution in [3.05, 3.63) is 11.6 Å². The summed E-state index contributed by atoms with van der Waals surface area (Å²) in [6, 6.07) is 0. The first-order valence-corrected chi connectivity index (χ1v) is 23.4. The zero-order valence-corrected chi connectivity index (χ0v) is 30.8. The van der Waals surface area contributed by atoms with Crippen molar-refractivity contribution in [1.82, 2.24) is 0 Å². The molecule has 0 N–H and O–H groups in total. The molecule has 0 saturated carbocycles. The number of hydrogen-bond acceptors (Lipinski definition) is 2. The van der Waals surface area contributed by atoms with E-state index in [4.69, 9.17) is 4.43 Å². The van der Waals surface area contributed by atoms with E-state index in [1.807, 2.05) is 0 Å². The normalized spacial score (nSPS) is 18.1. The second kappa shape index (κ2) is 16.1. The Morgan fingerprint density at radius 3 is 1.70 bits per heavy atom. The second-order valence-electron chi connectivity index (χ2n) is 13.9. The zero-order valence-electron chi connectivity index (χ0n) is 27.3. The number of ketones is 1. The van der Waals surface area contributed by atoms with E-state index >= 15 is 0 Å². The molecule has 0 unspecified atom stereocenters. The minimum atomic E-state index is -2.03. The number of carbonyl (C=O) groups excluding carboxylic acids is 1. The van der Waals surface area contributed by atoms with Crippen LogP contribution in [0.1, 0.15) is 121 Å². The van der Waals surface area contributed by atoms with Gasteiger partial charge in [0.25, 0.3) is 0 Å². The van der Waals surface area contributed by atoms with Crippen molar-refractivity contribution in [1.29, 1.82) is 0 Å². The third kappa shape index (κ3) is 11.9. The van der Waals surface area contributed by atoms with Gasteiger partial charge in [0.2, 0.25) is 0 Å². The number of halogens is 1. The van der Waals surface area contributed by atoms with Crippen LogP contribution < -0.4 is 0 Å². The Morgan fingerprint density at radius 1 is 0.919 bits per heavy atom. The second-order valence-corrected chi connectivity index (χ2v) is 30.0. The van der Waals surface area contributed by atoms with Crippen LogP contribution in [0.25, 0.3) is 0 Å². The first kappa shape index (κ1) is 37.5. The molecule has 0 spiro atoms. The molecule has 37 heavy (non-hydrogen) atoms. The molecule has 0 bridgehead atoms. The zero-order chi connectivity index (χ0) is 29.1. The molecule has 0 aliphatic rings. The molecule has 0 radical (unpaired) electrons. The van der Waals surface area contributed by atoms with Gasteiger partial charge in [-0.05, 0) is 0 Å². The molecular weight excluding hydrogens is 555 g/mol. The van der Waals surface area contributed by atoms with Crippen LogP contribution >= 0.6 is 20.8 Å². The molecule has 222 valence electrons. The van der Waals surface area contributed by atoms with Crippen LogP contribution in [-0.4, -0.2) is 44.9 Å². The fourth-order valence-electron chi connectivity index (χ4n) is 5.45. The van der Waals surface area contributed by atoms with Crippen molar-refractivity contribution >= 4 is 34.9 Å². The van der Waals surface area contributed by atoms with E-state index in [1.165, 1.54) is 62.6 Å². The summed E-state index contributed by atoms with van der Waals surface area (Å²) < 4.78 is 6.92. The summed E-state index contributed by atoms with van der Waals surface area (Å²) in [4.78, 5) is 13.8. The summed E-state index contributed by atoms with van der Waals surface area (Å²) in [6.07, 6.45) is 16.2. The third-order valence-corrected chi connectivity index (χ3v) is 23.2. The number of rotatable bonds is 19. The molecule has 2 nitrogen and oxygen atoms in total. The molecule has 0 aromatic rings. The molecule has 0 fully saturated rings. The number of hydrogen-bond donors (Lipinski definition) is 0. The Labute approximate surface area is 242 Å². The fourth-order valence-corrected chi connectivity index (χ4v) is 16.2. The van der Waals surface area contributed by atoms with Crippen LogP contribution in [0.3, 0.4) is 0 Å². The molecule has 0 aromatic heterocycles. The molecule has 0 heterocycles. The SMILES string of the molecule is CCCCP(Br)(CCCC)(CCCC)C/C(C)=C/[C@@H](C)C(=O)[C@@H](C)[C@H](O[Si](C)(C)C(C)(C)C)[C@@H](C)CC. The Kier molecular flexibility index (Phi) is 16.3. The number of unbranched alkanes of at least 4 members (excludes halogenated alkanes) is 3. The van der Waals surface area contributed by atoms with Gasteiger partial charge in [0, 0.05) is 0 Å². The minimum absolute atomic E-state index is 0.0105. The van der Waals surface area contributed by atoms with Crippen LogP contribution in [0.5, 0.6) is 0 Å². The predicted molar refractivity (Wildman–Crippen MR) is 179 cm³/mol.